The van der Waals surface area contributed by atoms with Crippen LogP contribution in [0.2, 0.25) is 5.02 Å². The van der Waals surface area contributed by atoms with Crippen LogP contribution in [0, 0.1) is 5.82 Å². The molecular weight excluding hydrogens is 269 g/mol. The van der Waals surface area contributed by atoms with Gasteiger partial charge in [0.15, 0.2) is 0 Å². The Hall–Kier alpha value is -1.56. The lowest BCUT2D eigenvalue weighted by atomic mass is 9.80. The summed E-state index contributed by atoms with van der Waals surface area (Å²) < 4.78 is 18.6. The van der Waals surface area contributed by atoms with E-state index in [-0.39, 0.29) is 11.6 Å². The molecule has 2 aromatic carbocycles. The van der Waals surface area contributed by atoms with Crippen molar-refractivity contribution in [3.8, 4) is 5.75 Å². The summed E-state index contributed by atoms with van der Waals surface area (Å²) >= 11 is 5.57. The van der Waals surface area contributed by atoms with E-state index in [0.29, 0.717) is 11.2 Å². The summed E-state index contributed by atoms with van der Waals surface area (Å²) in [5.41, 5.74) is 1.13. The van der Waals surface area contributed by atoms with Gasteiger partial charge in [-0.15, -0.1) is 0 Å². The molecule has 0 unspecified atom stereocenters. The van der Waals surface area contributed by atoms with Crippen LogP contribution >= 0.6 is 11.6 Å². The number of hydrogen-bond donors (Lipinski definition) is 2. The van der Waals surface area contributed by atoms with Gasteiger partial charge in [0.25, 0.3) is 0 Å². The summed E-state index contributed by atoms with van der Waals surface area (Å²) in [6, 6.07) is 10.9. The molecule has 0 fully saturated rings. The first kappa shape index (κ1) is 13.9. The quantitative estimate of drug-likeness (QED) is 0.839. The third-order valence-corrected chi connectivity index (χ3v) is 2.85. The van der Waals surface area contributed by atoms with Gasteiger partial charge in [0.1, 0.15) is 18.2 Å². The maximum Gasteiger partial charge on any atom is 0.488 e. The van der Waals surface area contributed by atoms with Crippen LogP contribution in [0.4, 0.5) is 4.39 Å². The van der Waals surface area contributed by atoms with Crippen LogP contribution in [-0.4, -0.2) is 17.2 Å². The number of halogens is 2. The predicted octanol–water partition coefficient (Wildman–Crippen LogP) is 1.74. The van der Waals surface area contributed by atoms with E-state index < -0.39 is 12.9 Å². The van der Waals surface area contributed by atoms with Crippen molar-refractivity contribution in [1.82, 2.24) is 0 Å². The molecule has 0 aliphatic rings. The van der Waals surface area contributed by atoms with Crippen LogP contribution in [0.5, 0.6) is 5.75 Å². The maximum atomic E-state index is 13.2. The second kappa shape index (κ2) is 6.06. The first-order valence-electron chi connectivity index (χ1n) is 5.59. The van der Waals surface area contributed by atoms with E-state index in [1.807, 2.05) is 0 Å². The summed E-state index contributed by atoms with van der Waals surface area (Å²) in [5, 5.41) is 18.1. The van der Waals surface area contributed by atoms with E-state index in [1.54, 1.807) is 30.3 Å². The fourth-order valence-electron chi connectivity index (χ4n) is 1.58. The minimum absolute atomic E-state index is 0.0396. The molecule has 0 saturated heterocycles. The van der Waals surface area contributed by atoms with Crippen LogP contribution in [0.15, 0.2) is 42.5 Å². The molecule has 0 aliphatic carbocycles. The van der Waals surface area contributed by atoms with E-state index in [2.05, 4.69) is 0 Å². The van der Waals surface area contributed by atoms with Crippen molar-refractivity contribution in [3.63, 3.8) is 0 Å². The van der Waals surface area contributed by atoms with Crippen LogP contribution in [0.1, 0.15) is 5.56 Å². The molecule has 19 heavy (non-hydrogen) atoms. The topological polar surface area (TPSA) is 49.7 Å². The smallest absolute Gasteiger partial charge is 0.488 e. The minimum atomic E-state index is -1.52. The molecule has 0 spiro atoms. The highest BCUT2D eigenvalue weighted by atomic mass is 35.5. The van der Waals surface area contributed by atoms with Gasteiger partial charge in [-0.25, -0.2) is 4.39 Å². The molecule has 0 bridgehead atoms. The lowest BCUT2D eigenvalue weighted by Gasteiger charge is -2.08. The molecule has 0 heterocycles. The van der Waals surface area contributed by atoms with E-state index in [9.17, 15) is 4.39 Å². The Balaban J connectivity index is 2.05. The summed E-state index contributed by atoms with van der Waals surface area (Å²) in [4.78, 5) is 0. The molecule has 6 heteroatoms. The highest BCUT2D eigenvalue weighted by Crippen LogP contribution is 2.21. The van der Waals surface area contributed by atoms with Crippen molar-refractivity contribution in [2.45, 2.75) is 6.61 Å². The molecule has 2 N–H and O–H groups in total. The predicted molar refractivity (Wildman–Crippen MR) is 72.0 cm³/mol. The van der Waals surface area contributed by atoms with Gasteiger partial charge in [-0.05, 0) is 23.2 Å². The SMILES string of the molecule is OB(O)c1cccc(COc2ccc(Cl)c(F)c2)c1. The molecule has 2 aromatic rings. The fourth-order valence-corrected chi connectivity index (χ4v) is 1.69. The van der Waals surface area contributed by atoms with Gasteiger partial charge in [0.05, 0.1) is 5.02 Å². The fraction of sp³-hybridized carbons (Fsp3) is 0.0769. The van der Waals surface area contributed by atoms with E-state index in [1.165, 1.54) is 12.1 Å². The van der Waals surface area contributed by atoms with Crippen molar-refractivity contribution >= 4 is 24.2 Å². The zero-order valence-corrected chi connectivity index (χ0v) is 10.6. The van der Waals surface area contributed by atoms with Crippen molar-refractivity contribution < 1.29 is 19.2 Å². The summed E-state index contributed by atoms with van der Waals surface area (Å²) in [5.74, 6) is -0.185. The highest BCUT2D eigenvalue weighted by Gasteiger charge is 2.10. The number of rotatable bonds is 4. The van der Waals surface area contributed by atoms with Gasteiger partial charge in [-0.3, -0.25) is 0 Å². The second-order valence-electron chi connectivity index (χ2n) is 3.98. The molecule has 0 radical (unpaired) electrons. The Kier molecular flexibility index (Phi) is 4.42. The monoisotopic (exact) mass is 280 g/mol. The van der Waals surface area contributed by atoms with Gasteiger partial charge in [0, 0.05) is 6.07 Å². The maximum absolute atomic E-state index is 13.2. The molecule has 3 nitrogen and oxygen atoms in total. The molecule has 0 atom stereocenters. The minimum Gasteiger partial charge on any atom is -0.489 e. The number of benzene rings is 2. The Morgan fingerprint density at radius 2 is 1.95 bits per heavy atom. The zero-order chi connectivity index (χ0) is 13.8. The van der Waals surface area contributed by atoms with Gasteiger partial charge >= 0.3 is 7.12 Å². The third kappa shape index (κ3) is 3.70. The second-order valence-corrected chi connectivity index (χ2v) is 4.39. The van der Waals surface area contributed by atoms with E-state index in [4.69, 9.17) is 26.4 Å². The van der Waals surface area contributed by atoms with Crippen molar-refractivity contribution in [1.29, 1.82) is 0 Å². The normalized spacial score (nSPS) is 10.3. The summed E-state index contributed by atoms with van der Waals surface area (Å²) in [6.07, 6.45) is 0. The van der Waals surface area contributed by atoms with Crippen molar-refractivity contribution in [2.75, 3.05) is 0 Å². The molecule has 0 aromatic heterocycles. The number of hydrogen-bond acceptors (Lipinski definition) is 3. The van der Waals surface area contributed by atoms with Gasteiger partial charge in [-0.1, -0.05) is 35.9 Å². The van der Waals surface area contributed by atoms with E-state index in [0.717, 1.165) is 5.56 Å². The van der Waals surface area contributed by atoms with Crippen LogP contribution < -0.4 is 10.2 Å². The van der Waals surface area contributed by atoms with Crippen LogP contribution in [0.3, 0.4) is 0 Å². The van der Waals surface area contributed by atoms with Crippen LogP contribution in [0.25, 0.3) is 0 Å². The zero-order valence-electron chi connectivity index (χ0n) is 9.88. The summed E-state index contributed by atoms with van der Waals surface area (Å²) in [6.45, 7) is 0.196. The van der Waals surface area contributed by atoms with Gasteiger partial charge < -0.3 is 14.8 Å². The first-order valence-corrected chi connectivity index (χ1v) is 5.97. The van der Waals surface area contributed by atoms with Gasteiger partial charge in [-0.2, -0.15) is 0 Å². The number of ether oxygens (including phenoxy) is 1. The average molecular weight is 280 g/mol. The Morgan fingerprint density at radius 3 is 2.63 bits per heavy atom. The lowest BCUT2D eigenvalue weighted by Crippen LogP contribution is -2.29. The first-order chi connectivity index (χ1) is 9.06. The van der Waals surface area contributed by atoms with E-state index >= 15 is 0 Å². The average Bonchev–Trinajstić information content (AvgIpc) is 2.40. The molecule has 0 aliphatic heterocycles. The Bertz CT molecular complexity index is 578. The molecule has 0 amide bonds. The molecule has 2 rings (SSSR count). The van der Waals surface area contributed by atoms with Crippen molar-refractivity contribution in [2.24, 2.45) is 0 Å². The Morgan fingerprint density at radius 1 is 1.16 bits per heavy atom. The molecule has 98 valence electrons. The van der Waals surface area contributed by atoms with Crippen LogP contribution in [-0.2, 0) is 6.61 Å². The largest absolute Gasteiger partial charge is 0.489 e. The summed E-state index contributed by atoms with van der Waals surface area (Å²) in [7, 11) is -1.52. The standard InChI is InChI=1S/C13H11BClFO3/c15-12-5-4-11(7-13(12)16)19-8-9-2-1-3-10(6-9)14(17)18/h1-7,17-18H,8H2. The Labute approximate surface area is 115 Å². The lowest BCUT2D eigenvalue weighted by molar-refractivity contribution is 0.304. The van der Waals surface area contributed by atoms with Gasteiger partial charge in [0.2, 0.25) is 0 Å². The third-order valence-electron chi connectivity index (χ3n) is 2.55. The highest BCUT2D eigenvalue weighted by molar-refractivity contribution is 6.58. The molecule has 0 saturated carbocycles. The molecular formula is C13H11BClFO3. The van der Waals surface area contributed by atoms with Crippen molar-refractivity contribution in [3.05, 3.63) is 58.9 Å².